The van der Waals surface area contributed by atoms with Crippen molar-refractivity contribution in [3.63, 3.8) is 0 Å². The van der Waals surface area contributed by atoms with Crippen LogP contribution in [0.3, 0.4) is 0 Å². The molecule has 1 saturated heterocycles. The van der Waals surface area contributed by atoms with Gasteiger partial charge in [-0.25, -0.2) is 8.42 Å². The molecular formula is C12H21ClN4O3S. The molecule has 0 aromatic carbocycles. The molecule has 0 atom stereocenters. The molecule has 1 aliphatic heterocycles. The Morgan fingerprint density at radius 3 is 2.57 bits per heavy atom. The maximum Gasteiger partial charge on any atom is 0.229 e. The van der Waals surface area contributed by atoms with E-state index in [1.165, 1.54) is 17.0 Å². The molecule has 1 aromatic heterocycles. The van der Waals surface area contributed by atoms with Gasteiger partial charge in [0.1, 0.15) is 0 Å². The molecule has 0 unspecified atom stereocenters. The third-order valence-electron chi connectivity index (χ3n) is 4.09. The third kappa shape index (κ3) is 3.74. The second-order valence-electron chi connectivity index (χ2n) is 5.61. The Bertz CT molecular complexity index is 569. The minimum Gasteiger partial charge on any atom is -0.339 e. The lowest BCUT2D eigenvalue weighted by Gasteiger charge is -2.36. The molecular weight excluding hydrogens is 316 g/mol. The van der Waals surface area contributed by atoms with E-state index in [0.717, 1.165) is 12.8 Å². The summed E-state index contributed by atoms with van der Waals surface area (Å²) in [4.78, 5) is 4.37. The second-order valence-corrected chi connectivity index (χ2v) is 7.55. The number of halogens is 1. The van der Waals surface area contributed by atoms with Crippen LogP contribution in [0.15, 0.2) is 4.52 Å². The van der Waals surface area contributed by atoms with Crippen molar-refractivity contribution < 1.29 is 12.9 Å². The quantitative estimate of drug-likeness (QED) is 0.815. The lowest BCUT2D eigenvalue weighted by Crippen LogP contribution is -2.59. The van der Waals surface area contributed by atoms with Crippen molar-refractivity contribution in [3.05, 3.63) is 11.7 Å². The summed E-state index contributed by atoms with van der Waals surface area (Å²) < 4.78 is 30.4. The molecule has 21 heavy (non-hydrogen) atoms. The summed E-state index contributed by atoms with van der Waals surface area (Å²) in [6.45, 7) is 1.84. The Kier molecular flexibility index (Phi) is 5.24. The predicted molar refractivity (Wildman–Crippen MR) is 80.0 cm³/mol. The maximum atomic E-state index is 11.8. The van der Waals surface area contributed by atoms with Crippen LogP contribution in [-0.4, -0.2) is 54.8 Å². The van der Waals surface area contributed by atoms with Crippen molar-refractivity contribution >= 4 is 22.4 Å². The highest BCUT2D eigenvalue weighted by Gasteiger charge is 2.31. The van der Waals surface area contributed by atoms with Gasteiger partial charge in [0, 0.05) is 38.0 Å². The van der Waals surface area contributed by atoms with Crippen molar-refractivity contribution in [1.29, 1.82) is 0 Å². The van der Waals surface area contributed by atoms with Gasteiger partial charge in [-0.3, -0.25) is 0 Å². The Hall–Kier alpha value is -0.700. The molecule has 1 aromatic rings. The molecule has 1 aliphatic carbocycles. The Morgan fingerprint density at radius 1 is 1.38 bits per heavy atom. The zero-order chi connectivity index (χ0) is 14.2. The first-order valence-corrected chi connectivity index (χ1v) is 8.89. The second kappa shape index (κ2) is 6.60. The number of hydrogen-bond acceptors (Lipinski definition) is 6. The normalized spacial score (nSPS) is 19.9. The smallest absolute Gasteiger partial charge is 0.229 e. The van der Waals surface area contributed by atoms with Gasteiger partial charge in [-0.05, 0) is 12.8 Å². The first-order chi connectivity index (χ1) is 9.54. The molecule has 1 saturated carbocycles. The molecule has 0 bridgehead atoms. The number of rotatable bonds is 6. The molecule has 7 nitrogen and oxygen atoms in total. The van der Waals surface area contributed by atoms with E-state index in [1.54, 1.807) is 0 Å². The first kappa shape index (κ1) is 16.7. The Labute approximate surface area is 130 Å². The third-order valence-corrected chi connectivity index (χ3v) is 5.42. The van der Waals surface area contributed by atoms with E-state index in [4.69, 9.17) is 4.52 Å². The highest BCUT2D eigenvalue weighted by atomic mass is 35.5. The minimum atomic E-state index is -3.19. The summed E-state index contributed by atoms with van der Waals surface area (Å²) in [5.41, 5.74) is 0. The van der Waals surface area contributed by atoms with Crippen LogP contribution >= 0.6 is 12.4 Å². The summed E-state index contributed by atoms with van der Waals surface area (Å²) in [5.74, 6) is 1.73. The van der Waals surface area contributed by atoms with Crippen molar-refractivity contribution in [1.82, 2.24) is 19.8 Å². The maximum absolute atomic E-state index is 11.8. The monoisotopic (exact) mass is 336 g/mol. The standard InChI is InChI=1S/C12H20N4O3S.ClH/c1-20(17,18)16(10-7-13-8-10)6-5-11-14-12(19-15-11)9-3-2-4-9;/h9-10,13H,2-8H2,1H3;1H. The van der Waals surface area contributed by atoms with Gasteiger partial charge in [0.2, 0.25) is 15.9 Å². The average Bonchev–Trinajstić information content (AvgIpc) is 2.65. The fourth-order valence-corrected chi connectivity index (χ4v) is 3.61. The van der Waals surface area contributed by atoms with Gasteiger partial charge in [0.25, 0.3) is 0 Å². The van der Waals surface area contributed by atoms with E-state index >= 15 is 0 Å². The van der Waals surface area contributed by atoms with E-state index in [-0.39, 0.29) is 18.4 Å². The van der Waals surface area contributed by atoms with Gasteiger partial charge in [-0.2, -0.15) is 9.29 Å². The van der Waals surface area contributed by atoms with Crippen LogP contribution in [0, 0.1) is 0 Å². The molecule has 120 valence electrons. The fourth-order valence-electron chi connectivity index (χ4n) is 2.50. The average molecular weight is 337 g/mol. The topological polar surface area (TPSA) is 88.3 Å². The van der Waals surface area contributed by atoms with Crippen LogP contribution in [0.2, 0.25) is 0 Å². The Morgan fingerprint density at radius 2 is 2.10 bits per heavy atom. The van der Waals surface area contributed by atoms with Gasteiger partial charge in [-0.15, -0.1) is 12.4 Å². The summed E-state index contributed by atoms with van der Waals surface area (Å²) in [5, 5.41) is 7.04. The summed E-state index contributed by atoms with van der Waals surface area (Å²) in [7, 11) is -3.19. The van der Waals surface area contributed by atoms with Crippen molar-refractivity contribution in [3.8, 4) is 0 Å². The molecule has 2 aliphatic rings. The van der Waals surface area contributed by atoms with Crippen molar-refractivity contribution in [2.45, 2.75) is 37.6 Å². The molecule has 1 N–H and O–H groups in total. The van der Waals surface area contributed by atoms with Crippen LogP contribution in [0.4, 0.5) is 0 Å². The molecule has 2 fully saturated rings. The van der Waals surface area contributed by atoms with Gasteiger partial charge in [0.05, 0.1) is 6.26 Å². The number of hydrogen-bond donors (Lipinski definition) is 1. The summed E-state index contributed by atoms with van der Waals surface area (Å²) in [6, 6.07) is 0.0583. The molecule has 0 spiro atoms. The molecule has 0 amide bonds. The number of nitrogens with one attached hydrogen (secondary N) is 1. The lowest BCUT2D eigenvalue weighted by molar-refractivity contribution is 0.243. The van der Waals surface area contributed by atoms with Crippen molar-refractivity contribution in [2.24, 2.45) is 0 Å². The minimum absolute atomic E-state index is 0. The zero-order valence-electron chi connectivity index (χ0n) is 12.0. The number of aromatic nitrogens is 2. The van der Waals surface area contributed by atoms with Gasteiger partial charge in [-0.1, -0.05) is 11.6 Å². The van der Waals surface area contributed by atoms with Gasteiger partial charge >= 0.3 is 0 Å². The first-order valence-electron chi connectivity index (χ1n) is 7.04. The molecule has 0 radical (unpaired) electrons. The van der Waals surface area contributed by atoms with Crippen LogP contribution in [0.1, 0.15) is 36.9 Å². The highest BCUT2D eigenvalue weighted by Crippen LogP contribution is 2.35. The molecule has 2 heterocycles. The van der Waals surface area contributed by atoms with E-state index in [9.17, 15) is 8.42 Å². The van der Waals surface area contributed by atoms with Crippen LogP contribution in [0.25, 0.3) is 0 Å². The number of sulfonamides is 1. The van der Waals surface area contributed by atoms with Crippen molar-refractivity contribution in [2.75, 3.05) is 25.9 Å². The molecule has 3 rings (SSSR count). The SMILES string of the molecule is CS(=O)(=O)N(CCc1noc(C2CCC2)n1)C1CNC1.Cl. The van der Waals surface area contributed by atoms with Crippen LogP contribution < -0.4 is 5.32 Å². The van der Waals surface area contributed by atoms with E-state index in [2.05, 4.69) is 15.5 Å². The van der Waals surface area contributed by atoms with E-state index in [0.29, 0.717) is 43.7 Å². The van der Waals surface area contributed by atoms with E-state index in [1.807, 2.05) is 0 Å². The molecule has 9 heteroatoms. The van der Waals surface area contributed by atoms with Gasteiger partial charge in [0.15, 0.2) is 5.82 Å². The number of nitrogens with zero attached hydrogens (tertiary/aromatic N) is 3. The highest BCUT2D eigenvalue weighted by molar-refractivity contribution is 7.88. The van der Waals surface area contributed by atoms with E-state index < -0.39 is 10.0 Å². The lowest BCUT2D eigenvalue weighted by atomic mass is 9.85. The Balaban J connectivity index is 0.00000161. The van der Waals surface area contributed by atoms with Crippen LogP contribution in [0.5, 0.6) is 0 Å². The fraction of sp³-hybridized carbons (Fsp3) is 0.833. The predicted octanol–water partition coefficient (Wildman–Crippen LogP) is 0.535. The van der Waals surface area contributed by atoms with Crippen LogP contribution in [-0.2, 0) is 16.4 Å². The summed E-state index contributed by atoms with van der Waals surface area (Å²) in [6.07, 6.45) is 5.20. The zero-order valence-corrected chi connectivity index (χ0v) is 13.6. The largest absolute Gasteiger partial charge is 0.339 e. The van der Waals surface area contributed by atoms with Gasteiger partial charge < -0.3 is 9.84 Å². The summed E-state index contributed by atoms with van der Waals surface area (Å²) >= 11 is 0.